The average Bonchev–Trinajstić information content (AvgIpc) is 2.27. The van der Waals surface area contributed by atoms with E-state index in [0.29, 0.717) is 5.75 Å². The summed E-state index contributed by atoms with van der Waals surface area (Å²) in [6.07, 6.45) is 0. The van der Waals surface area contributed by atoms with Crippen LogP contribution < -0.4 is 10.5 Å². The Morgan fingerprint density at radius 2 is 2.06 bits per heavy atom. The number of phenols is 1. The number of hydrogen-bond acceptors (Lipinski definition) is 4. The molecule has 90 valence electrons. The molecule has 0 bridgehead atoms. The Morgan fingerprint density at radius 1 is 1.44 bits per heavy atom. The highest BCUT2D eigenvalue weighted by atomic mass is 16.5. The van der Waals surface area contributed by atoms with Gasteiger partial charge in [0.1, 0.15) is 11.5 Å². The number of aliphatic hydroxyl groups is 1. The monoisotopic (exact) mass is 225 g/mol. The van der Waals surface area contributed by atoms with Crippen LogP contribution in [0.2, 0.25) is 0 Å². The van der Waals surface area contributed by atoms with Crippen molar-refractivity contribution >= 4 is 0 Å². The van der Waals surface area contributed by atoms with E-state index < -0.39 is 5.41 Å². The summed E-state index contributed by atoms with van der Waals surface area (Å²) in [5, 5.41) is 18.6. The van der Waals surface area contributed by atoms with Crippen LogP contribution in [-0.4, -0.2) is 23.9 Å². The standard InChI is InChI=1S/C12H19NO3/c1-12(2,7-14)11(13)9-5-4-8(15)6-10(9)16-3/h4-6,11,14-15H,7,13H2,1-3H3/t11-/m0/s1. The van der Waals surface area contributed by atoms with Gasteiger partial charge in [0.2, 0.25) is 0 Å². The second-order valence-corrected chi connectivity index (χ2v) is 4.55. The summed E-state index contributed by atoms with van der Waals surface area (Å²) in [6.45, 7) is 3.74. The van der Waals surface area contributed by atoms with Crippen LogP contribution in [0, 0.1) is 5.41 Å². The zero-order valence-electron chi connectivity index (χ0n) is 9.90. The van der Waals surface area contributed by atoms with Crippen molar-refractivity contribution in [3.63, 3.8) is 0 Å². The molecule has 0 aliphatic rings. The van der Waals surface area contributed by atoms with Gasteiger partial charge in [-0.2, -0.15) is 0 Å². The van der Waals surface area contributed by atoms with Gasteiger partial charge in [-0.05, 0) is 6.07 Å². The van der Waals surface area contributed by atoms with Crippen LogP contribution in [0.3, 0.4) is 0 Å². The lowest BCUT2D eigenvalue weighted by atomic mass is 9.81. The van der Waals surface area contributed by atoms with Gasteiger partial charge in [-0.15, -0.1) is 0 Å². The average molecular weight is 225 g/mol. The third-order valence-corrected chi connectivity index (χ3v) is 2.80. The van der Waals surface area contributed by atoms with E-state index in [0.717, 1.165) is 5.56 Å². The molecule has 1 atom stereocenters. The van der Waals surface area contributed by atoms with Crippen LogP contribution in [0.15, 0.2) is 18.2 Å². The number of aliphatic hydroxyl groups excluding tert-OH is 1. The maximum atomic E-state index is 9.34. The normalized spacial score (nSPS) is 13.6. The Balaban J connectivity index is 3.13. The molecule has 0 amide bonds. The number of benzene rings is 1. The number of methoxy groups -OCH3 is 1. The SMILES string of the molecule is COc1cc(O)ccc1[C@H](N)C(C)(C)CO. The number of phenolic OH excluding ortho intramolecular Hbond substituents is 1. The molecule has 1 aromatic carbocycles. The molecule has 1 rings (SSSR count). The van der Waals surface area contributed by atoms with Crippen LogP contribution in [0.5, 0.6) is 11.5 Å². The molecular weight excluding hydrogens is 206 g/mol. The summed E-state index contributed by atoms with van der Waals surface area (Å²) in [7, 11) is 1.52. The Hall–Kier alpha value is -1.26. The molecule has 0 aliphatic heterocycles. The minimum Gasteiger partial charge on any atom is -0.508 e. The minimum atomic E-state index is -0.440. The largest absolute Gasteiger partial charge is 0.508 e. The molecule has 0 radical (unpaired) electrons. The van der Waals surface area contributed by atoms with E-state index >= 15 is 0 Å². The second kappa shape index (κ2) is 4.72. The van der Waals surface area contributed by atoms with E-state index in [1.807, 2.05) is 13.8 Å². The molecule has 0 aliphatic carbocycles. The van der Waals surface area contributed by atoms with Crippen molar-refractivity contribution < 1.29 is 14.9 Å². The molecule has 4 N–H and O–H groups in total. The Labute approximate surface area is 95.7 Å². The number of hydrogen-bond donors (Lipinski definition) is 3. The lowest BCUT2D eigenvalue weighted by molar-refractivity contribution is 0.131. The number of aromatic hydroxyl groups is 1. The first-order chi connectivity index (χ1) is 7.42. The first-order valence-corrected chi connectivity index (χ1v) is 5.15. The molecule has 0 saturated carbocycles. The predicted molar refractivity (Wildman–Crippen MR) is 62.5 cm³/mol. The van der Waals surface area contributed by atoms with Gasteiger partial charge in [-0.3, -0.25) is 0 Å². The molecule has 1 aromatic rings. The van der Waals surface area contributed by atoms with Gasteiger partial charge in [0.05, 0.1) is 7.11 Å². The van der Waals surface area contributed by atoms with E-state index in [1.165, 1.54) is 13.2 Å². The van der Waals surface area contributed by atoms with Crippen LogP contribution in [0.1, 0.15) is 25.5 Å². The maximum Gasteiger partial charge on any atom is 0.127 e. The van der Waals surface area contributed by atoms with Crippen molar-refractivity contribution in [3.05, 3.63) is 23.8 Å². The minimum absolute atomic E-state index is 0.0157. The Morgan fingerprint density at radius 3 is 2.56 bits per heavy atom. The first-order valence-electron chi connectivity index (χ1n) is 5.15. The zero-order valence-corrected chi connectivity index (χ0v) is 9.90. The van der Waals surface area contributed by atoms with Gasteiger partial charge in [0.25, 0.3) is 0 Å². The Kier molecular flexibility index (Phi) is 3.78. The summed E-state index contributed by atoms with van der Waals surface area (Å²) in [6, 6.07) is 4.44. The molecule has 0 heterocycles. The summed E-state index contributed by atoms with van der Waals surface area (Å²) < 4.78 is 5.17. The van der Waals surface area contributed by atoms with Gasteiger partial charge >= 0.3 is 0 Å². The van der Waals surface area contributed by atoms with E-state index in [9.17, 15) is 10.2 Å². The third kappa shape index (κ3) is 2.46. The highest BCUT2D eigenvalue weighted by molar-refractivity contribution is 5.42. The molecule has 16 heavy (non-hydrogen) atoms. The fourth-order valence-corrected chi connectivity index (χ4v) is 1.48. The molecule has 0 spiro atoms. The van der Waals surface area contributed by atoms with Crippen molar-refractivity contribution in [2.75, 3.05) is 13.7 Å². The van der Waals surface area contributed by atoms with Crippen molar-refractivity contribution in [3.8, 4) is 11.5 Å². The smallest absolute Gasteiger partial charge is 0.127 e. The van der Waals surface area contributed by atoms with Gasteiger partial charge in [0.15, 0.2) is 0 Å². The van der Waals surface area contributed by atoms with Crippen molar-refractivity contribution in [2.24, 2.45) is 11.1 Å². The Bertz CT molecular complexity index is 363. The molecule has 0 fully saturated rings. The van der Waals surface area contributed by atoms with Crippen LogP contribution in [0.25, 0.3) is 0 Å². The fraction of sp³-hybridized carbons (Fsp3) is 0.500. The predicted octanol–water partition coefficient (Wildman–Crippen LogP) is 1.42. The van der Waals surface area contributed by atoms with E-state index in [2.05, 4.69) is 0 Å². The summed E-state index contributed by atoms with van der Waals surface area (Å²) in [5.74, 6) is 0.670. The van der Waals surface area contributed by atoms with E-state index in [4.69, 9.17) is 10.5 Å². The van der Waals surface area contributed by atoms with Crippen molar-refractivity contribution in [1.29, 1.82) is 0 Å². The third-order valence-electron chi connectivity index (χ3n) is 2.80. The van der Waals surface area contributed by atoms with Crippen LogP contribution in [-0.2, 0) is 0 Å². The topological polar surface area (TPSA) is 75.7 Å². The molecule has 0 unspecified atom stereocenters. The molecule has 0 aromatic heterocycles. The summed E-state index contributed by atoms with van der Waals surface area (Å²) >= 11 is 0. The summed E-state index contributed by atoms with van der Waals surface area (Å²) in [5.41, 5.74) is 6.43. The van der Waals surface area contributed by atoms with Crippen molar-refractivity contribution in [2.45, 2.75) is 19.9 Å². The number of nitrogens with two attached hydrogens (primary N) is 1. The summed E-state index contributed by atoms with van der Waals surface area (Å²) in [4.78, 5) is 0. The van der Waals surface area contributed by atoms with Crippen LogP contribution in [0.4, 0.5) is 0 Å². The molecule has 4 nitrogen and oxygen atoms in total. The quantitative estimate of drug-likeness (QED) is 0.724. The van der Waals surface area contributed by atoms with Gasteiger partial charge < -0.3 is 20.7 Å². The second-order valence-electron chi connectivity index (χ2n) is 4.55. The highest BCUT2D eigenvalue weighted by Gasteiger charge is 2.29. The number of rotatable bonds is 4. The molecular formula is C12H19NO3. The van der Waals surface area contributed by atoms with E-state index in [1.54, 1.807) is 12.1 Å². The molecule has 4 heteroatoms. The lowest BCUT2D eigenvalue weighted by Gasteiger charge is -2.30. The fourth-order valence-electron chi connectivity index (χ4n) is 1.48. The maximum absolute atomic E-state index is 9.34. The number of ether oxygens (including phenoxy) is 1. The lowest BCUT2D eigenvalue weighted by Crippen LogP contribution is -2.32. The van der Waals surface area contributed by atoms with Gasteiger partial charge in [-0.1, -0.05) is 19.9 Å². The molecule has 0 saturated heterocycles. The zero-order chi connectivity index (χ0) is 12.3. The van der Waals surface area contributed by atoms with Crippen LogP contribution >= 0.6 is 0 Å². The van der Waals surface area contributed by atoms with Gasteiger partial charge in [0, 0.05) is 29.7 Å². The van der Waals surface area contributed by atoms with E-state index in [-0.39, 0.29) is 18.4 Å². The van der Waals surface area contributed by atoms with Gasteiger partial charge in [-0.25, -0.2) is 0 Å². The first kappa shape index (κ1) is 12.8. The highest BCUT2D eigenvalue weighted by Crippen LogP contribution is 2.36. The van der Waals surface area contributed by atoms with Crippen molar-refractivity contribution in [1.82, 2.24) is 0 Å².